The van der Waals surface area contributed by atoms with Gasteiger partial charge in [0.2, 0.25) is 5.91 Å². The number of carbonyl (C=O) groups excluding carboxylic acids is 1. The van der Waals surface area contributed by atoms with Gasteiger partial charge in [-0.2, -0.15) is 5.10 Å². The fraction of sp³-hybridized carbons (Fsp3) is 0.529. The molecule has 0 radical (unpaired) electrons. The minimum absolute atomic E-state index is 0.0618. The second kappa shape index (κ2) is 7.57. The number of fused-ring (bicyclic) bond motifs is 1. The first-order valence-corrected chi connectivity index (χ1v) is 8.18. The number of nitrogens with zero attached hydrogens (tertiary/aromatic N) is 2. The summed E-state index contributed by atoms with van der Waals surface area (Å²) in [5.41, 5.74) is 1.98. The Morgan fingerprint density at radius 1 is 1.48 bits per heavy atom. The lowest BCUT2D eigenvalue weighted by Gasteiger charge is -2.09. The van der Waals surface area contributed by atoms with Crippen molar-refractivity contribution < 1.29 is 14.3 Å². The van der Waals surface area contributed by atoms with Crippen molar-refractivity contribution >= 4 is 16.8 Å². The molecule has 124 valence electrons. The first kappa shape index (κ1) is 16.0. The Bertz CT molecular complexity index is 662. The van der Waals surface area contributed by atoms with Crippen molar-refractivity contribution in [3.8, 4) is 0 Å². The van der Waals surface area contributed by atoms with Crippen LogP contribution < -0.4 is 5.32 Å². The van der Waals surface area contributed by atoms with Crippen molar-refractivity contribution in [1.29, 1.82) is 0 Å². The van der Waals surface area contributed by atoms with Crippen LogP contribution in [0, 0.1) is 0 Å². The third kappa shape index (κ3) is 3.89. The van der Waals surface area contributed by atoms with E-state index >= 15 is 0 Å². The van der Waals surface area contributed by atoms with Gasteiger partial charge < -0.3 is 14.8 Å². The summed E-state index contributed by atoms with van der Waals surface area (Å²) in [6.07, 6.45) is 2.24. The number of ether oxygens (including phenoxy) is 2. The van der Waals surface area contributed by atoms with Crippen LogP contribution in [0.25, 0.3) is 10.9 Å². The number of carbonyl (C=O) groups is 1. The predicted molar refractivity (Wildman–Crippen MR) is 87.0 cm³/mol. The highest BCUT2D eigenvalue weighted by Gasteiger charge is 2.16. The summed E-state index contributed by atoms with van der Waals surface area (Å²) in [5.74, 6) is -0.127. The lowest BCUT2D eigenvalue weighted by molar-refractivity contribution is -0.127. The Kier molecular flexibility index (Phi) is 5.25. The number of hydrogen-bond acceptors (Lipinski definition) is 4. The molecule has 0 unspecified atom stereocenters. The lowest BCUT2D eigenvalue weighted by Crippen LogP contribution is -2.29. The number of nitrogens with one attached hydrogen (secondary N) is 1. The van der Waals surface area contributed by atoms with Crippen LogP contribution in [0.5, 0.6) is 0 Å². The maximum atomic E-state index is 11.9. The van der Waals surface area contributed by atoms with Crippen molar-refractivity contribution in [3.63, 3.8) is 0 Å². The van der Waals surface area contributed by atoms with Gasteiger partial charge in [0.15, 0.2) is 0 Å². The Morgan fingerprint density at radius 2 is 2.35 bits per heavy atom. The Labute approximate surface area is 135 Å². The highest BCUT2D eigenvalue weighted by molar-refractivity contribution is 5.83. The maximum Gasteiger partial charge on any atom is 0.246 e. The van der Waals surface area contributed by atoms with Gasteiger partial charge in [0.25, 0.3) is 0 Å². The molecule has 1 atom stereocenters. The number of aryl methyl sites for hydroxylation is 1. The van der Waals surface area contributed by atoms with Crippen LogP contribution in [0.3, 0.4) is 0 Å². The number of aromatic nitrogens is 2. The first-order valence-electron chi connectivity index (χ1n) is 8.18. The van der Waals surface area contributed by atoms with Crippen LogP contribution in [0.1, 0.15) is 25.5 Å². The zero-order valence-corrected chi connectivity index (χ0v) is 13.5. The van der Waals surface area contributed by atoms with E-state index in [2.05, 4.69) is 17.3 Å². The van der Waals surface area contributed by atoms with E-state index in [1.54, 1.807) is 0 Å². The van der Waals surface area contributed by atoms with E-state index in [4.69, 9.17) is 9.47 Å². The molecule has 1 fully saturated rings. The van der Waals surface area contributed by atoms with Gasteiger partial charge in [0, 0.05) is 18.5 Å². The fourth-order valence-corrected chi connectivity index (χ4v) is 2.86. The number of hydrogen-bond donors (Lipinski definition) is 1. The lowest BCUT2D eigenvalue weighted by atomic mass is 10.2. The smallest absolute Gasteiger partial charge is 0.246 e. The summed E-state index contributed by atoms with van der Waals surface area (Å²) < 4.78 is 12.8. The van der Waals surface area contributed by atoms with E-state index in [1.165, 1.54) is 0 Å². The monoisotopic (exact) mass is 317 g/mol. The highest BCUT2D eigenvalue weighted by Crippen LogP contribution is 2.18. The highest BCUT2D eigenvalue weighted by atomic mass is 16.5. The quantitative estimate of drug-likeness (QED) is 0.846. The second-order valence-electron chi connectivity index (χ2n) is 5.71. The normalized spacial score (nSPS) is 17.7. The second-order valence-corrected chi connectivity index (χ2v) is 5.71. The van der Waals surface area contributed by atoms with E-state index in [1.807, 2.05) is 28.9 Å². The zero-order chi connectivity index (χ0) is 16.1. The van der Waals surface area contributed by atoms with Gasteiger partial charge in [-0.1, -0.05) is 18.2 Å². The third-order valence-corrected chi connectivity index (χ3v) is 4.05. The summed E-state index contributed by atoms with van der Waals surface area (Å²) in [5, 5.41) is 8.52. The minimum atomic E-state index is -0.127. The van der Waals surface area contributed by atoms with Gasteiger partial charge in [-0.3, -0.25) is 9.48 Å². The molecule has 0 bridgehead atoms. The fourth-order valence-electron chi connectivity index (χ4n) is 2.86. The molecule has 1 N–H and O–H groups in total. The van der Waals surface area contributed by atoms with Gasteiger partial charge in [0.05, 0.1) is 30.5 Å². The Hall–Kier alpha value is -1.92. The van der Waals surface area contributed by atoms with Crippen molar-refractivity contribution in [2.45, 2.75) is 39.0 Å². The van der Waals surface area contributed by atoms with E-state index in [9.17, 15) is 4.79 Å². The summed E-state index contributed by atoms with van der Waals surface area (Å²) in [4.78, 5) is 11.9. The minimum Gasteiger partial charge on any atom is -0.376 e. The summed E-state index contributed by atoms with van der Waals surface area (Å²) in [6, 6.07) is 8.06. The molecule has 6 nitrogen and oxygen atoms in total. The molecule has 23 heavy (non-hydrogen) atoms. The van der Waals surface area contributed by atoms with Gasteiger partial charge in [-0.05, 0) is 25.8 Å². The van der Waals surface area contributed by atoms with E-state index in [-0.39, 0.29) is 18.6 Å². The van der Waals surface area contributed by atoms with Crippen molar-refractivity contribution in [2.75, 3.05) is 19.8 Å². The molecule has 1 aliphatic heterocycles. The summed E-state index contributed by atoms with van der Waals surface area (Å²) in [6.45, 7) is 4.62. The van der Waals surface area contributed by atoms with Crippen molar-refractivity contribution in [2.24, 2.45) is 0 Å². The number of rotatable bonds is 7. The number of amides is 1. The van der Waals surface area contributed by atoms with Crippen LogP contribution in [-0.4, -0.2) is 41.6 Å². The molecule has 0 saturated carbocycles. The van der Waals surface area contributed by atoms with Gasteiger partial charge in [0.1, 0.15) is 6.61 Å². The van der Waals surface area contributed by atoms with E-state index in [0.717, 1.165) is 42.6 Å². The van der Waals surface area contributed by atoms with Crippen LogP contribution in [0.2, 0.25) is 0 Å². The molecule has 1 saturated heterocycles. The standard InChI is InChI=1S/C17H23N3O3/c1-2-20-16-8-4-3-7-14(16)15(19-20)10-18-17(21)12-22-11-13-6-5-9-23-13/h3-4,7-8,13H,2,5-6,9-12H2,1H3,(H,18,21)/t13-/m1/s1. The van der Waals surface area contributed by atoms with Gasteiger partial charge >= 0.3 is 0 Å². The van der Waals surface area contributed by atoms with Gasteiger partial charge in [-0.25, -0.2) is 0 Å². The molecule has 0 spiro atoms. The average molecular weight is 317 g/mol. The van der Waals surface area contributed by atoms with Crippen LogP contribution in [-0.2, 0) is 27.4 Å². The van der Waals surface area contributed by atoms with Crippen molar-refractivity contribution in [1.82, 2.24) is 15.1 Å². The molecule has 1 aliphatic rings. The Morgan fingerprint density at radius 3 is 3.13 bits per heavy atom. The molecular formula is C17H23N3O3. The molecule has 1 aromatic heterocycles. The number of benzene rings is 1. The van der Waals surface area contributed by atoms with Gasteiger partial charge in [-0.15, -0.1) is 0 Å². The molecule has 1 amide bonds. The predicted octanol–water partition coefficient (Wildman–Crippen LogP) is 1.87. The molecule has 2 aromatic rings. The largest absolute Gasteiger partial charge is 0.376 e. The van der Waals surface area contributed by atoms with Crippen molar-refractivity contribution in [3.05, 3.63) is 30.0 Å². The molecular weight excluding hydrogens is 294 g/mol. The summed E-state index contributed by atoms with van der Waals surface area (Å²) >= 11 is 0. The average Bonchev–Trinajstić information content (AvgIpc) is 3.20. The molecule has 1 aromatic carbocycles. The molecule has 6 heteroatoms. The molecule has 3 rings (SSSR count). The Balaban J connectivity index is 1.50. The van der Waals surface area contributed by atoms with Crippen LogP contribution in [0.15, 0.2) is 24.3 Å². The van der Waals surface area contributed by atoms with Crippen LogP contribution >= 0.6 is 0 Å². The SMILES string of the molecule is CCn1nc(CNC(=O)COC[C@H]2CCCO2)c2ccccc21. The first-order chi connectivity index (χ1) is 11.3. The summed E-state index contributed by atoms with van der Waals surface area (Å²) in [7, 11) is 0. The molecule has 0 aliphatic carbocycles. The van der Waals surface area contributed by atoms with E-state index < -0.39 is 0 Å². The molecule has 2 heterocycles. The third-order valence-electron chi connectivity index (χ3n) is 4.05. The number of para-hydroxylation sites is 1. The maximum absolute atomic E-state index is 11.9. The topological polar surface area (TPSA) is 65.4 Å². The van der Waals surface area contributed by atoms with Crippen LogP contribution in [0.4, 0.5) is 0 Å². The van der Waals surface area contributed by atoms with E-state index in [0.29, 0.717) is 13.2 Å². The zero-order valence-electron chi connectivity index (χ0n) is 13.5.